The van der Waals surface area contributed by atoms with Crippen molar-refractivity contribution in [1.29, 1.82) is 0 Å². The number of amides is 3. The van der Waals surface area contributed by atoms with E-state index in [4.69, 9.17) is 0 Å². The van der Waals surface area contributed by atoms with Crippen molar-refractivity contribution in [2.24, 2.45) is 0 Å². The molecule has 2 fully saturated rings. The normalized spacial score (nSPS) is 19.0. The third-order valence-corrected chi connectivity index (χ3v) is 5.08. The van der Waals surface area contributed by atoms with Crippen LogP contribution in [0.5, 0.6) is 0 Å². The second-order valence-electron chi connectivity index (χ2n) is 6.97. The molecule has 28 heavy (non-hydrogen) atoms. The minimum absolute atomic E-state index is 0.0147. The predicted molar refractivity (Wildman–Crippen MR) is 90.3 cm³/mol. The summed E-state index contributed by atoms with van der Waals surface area (Å²) in [5.74, 6) is -1.18. The van der Waals surface area contributed by atoms with Gasteiger partial charge in [0, 0.05) is 13.1 Å². The van der Waals surface area contributed by atoms with Gasteiger partial charge in [-0.25, -0.2) is 4.79 Å². The molecule has 3 amide bonds. The molecule has 1 aliphatic heterocycles. The third-order valence-electron chi connectivity index (χ3n) is 5.08. The van der Waals surface area contributed by atoms with Gasteiger partial charge in [0.1, 0.15) is 11.4 Å². The van der Waals surface area contributed by atoms with E-state index in [0.29, 0.717) is 30.3 Å². The van der Waals surface area contributed by atoms with Crippen LogP contribution in [0.2, 0.25) is 0 Å². The molecule has 150 valence electrons. The summed E-state index contributed by atoms with van der Waals surface area (Å²) in [4.78, 5) is 25.8. The molecular weight excluding hydrogens is 379 g/mol. The molecule has 2 aliphatic rings. The number of nitrogens with one attached hydrogen (secondary N) is 2. The van der Waals surface area contributed by atoms with Gasteiger partial charge in [-0.3, -0.25) is 9.69 Å². The Hall–Kier alpha value is -2.92. The fourth-order valence-electron chi connectivity index (χ4n) is 3.71. The summed E-state index contributed by atoms with van der Waals surface area (Å²) in [6, 6.07) is 2.48. The first kappa shape index (κ1) is 18.4. The monoisotopic (exact) mass is 397 g/mol. The number of urea groups is 1. The van der Waals surface area contributed by atoms with E-state index in [1.165, 1.54) is 17.0 Å². The lowest BCUT2D eigenvalue weighted by Crippen LogP contribution is -2.44. The minimum atomic E-state index is -4.66. The van der Waals surface area contributed by atoms with Gasteiger partial charge in [0.25, 0.3) is 11.7 Å². The number of hydrogen-bond donors (Lipinski definition) is 2. The molecule has 4 rings (SSSR count). The Balaban J connectivity index is 1.35. The molecule has 0 aromatic carbocycles. The molecular formula is C16H18F3N7O2. The number of hydrogen-bond acceptors (Lipinski definition) is 6. The van der Waals surface area contributed by atoms with Crippen LogP contribution >= 0.6 is 0 Å². The molecule has 2 N–H and O–H groups in total. The van der Waals surface area contributed by atoms with Gasteiger partial charge in [-0.15, -0.1) is 15.3 Å². The van der Waals surface area contributed by atoms with Crippen LogP contribution in [-0.4, -0.2) is 55.3 Å². The van der Waals surface area contributed by atoms with E-state index in [0.717, 1.165) is 12.8 Å². The van der Waals surface area contributed by atoms with Crippen molar-refractivity contribution in [2.45, 2.75) is 43.8 Å². The topological polar surface area (TPSA) is 105 Å². The van der Waals surface area contributed by atoms with Crippen molar-refractivity contribution in [3.63, 3.8) is 0 Å². The Bertz CT molecular complexity index is 921. The maximum atomic E-state index is 12.9. The molecule has 1 saturated carbocycles. The van der Waals surface area contributed by atoms with Crippen LogP contribution in [0.15, 0.2) is 12.1 Å². The zero-order chi connectivity index (χ0) is 19.9. The fourth-order valence-corrected chi connectivity index (χ4v) is 3.71. The molecule has 0 bridgehead atoms. The first-order valence-corrected chi connectivity index (χ1v) is 8.98. The number of carbonyl (C=O) groups excluding carboxylic acids is 2. The number of aromatic nitrogens is 4. The van der Waals surface area contributed by atoms with Gasteiger partial charge in [0.15, 0.2) is 5.65 Å². The van der Waals surface area contributed by atoms with E-state index in [-0.39, 0.29) is 29.9 Å². The van der Waals surface area contributed by atoms with Crippen molar-refractivity contribution < 1.29 is 22.8 Å². The summed E-state index contributed by atoms with van der Waals surface area (Å²) < 4.78 is 39.3. The van der Waals surface area contributed by atoms with Crippen LogP contribution in [0.25, 0.3) is 5.65 Å². The Morgan fingerprint density at radius 1 is 1.18 bits per heavy atom. The first-order valence-electron chi connectivity index (χ1n) is 8.98. The quantitative estimate of drug-likeness (QED) is 0.589. The lowest BCUT2D eigenvalue weighted by atomic mass is 9.98. The molecule has 1 aliphatic carbocycles. The van der Waals surface area contributed by atoms with Gasteiger partial charge < -0.3 is 10.6 Å². The summed E-state index contributed by atoms with van der Waals surface area (Å²) >= 11 is 0. The number of fused-ring (bicyclic) bond motifs is 1. The van der Waals surface area contributed by atoms with Crippen molar-refractivity contribution in [3.05, 3.63) is 18.0 Å². The molecule has 2 aromatic rings. The lowest BCUT2D eigenvalue weighted by Gasteiger charge is -2.20. The zero-order valence-corrected chi connectivity index (χ0v) is 14.8. The van der Waals surface area contributed by atoms with E-state index in [2.05, 4.69) is 25.9 Å². The zero-order valence-electron chi connectivity index (χ0n) is 14.8. The summed E-state index contributed by atoms with van der Waals surface area (Å²) in [6.07, 6.45) is -1.07. The average molecular weight is 397 g/mol. The molecule has 2 aromatic heterocycles. The van der Waals surface area contributed by atoms with Crippen LogP contribution in [0.4, 0.5) is 23.8 Å². The third kappa shape index (κ3) is 3.12. The molecule has 1 saturated heterocycles. The van der Waals surface area contributed by atoms with E-state index >= 15 is 0 Å². The number of anilines is 1. The molecule has 3 heterocycles. The fraction of sp³-hybridized carbons (Fsp3) is 0.562. The van der Waals surface area contributed by atoms with Crippen molar-refractivity contribution in [1.82, 2.24) is 30.0 Å². The summed E-state index contributed by atoms with van der Waals surface area (Å²) in [5, 5.41) is 16.1. The molecule has 0 radical (unpaired) electrons. The largest absolute Gasteiger partial charge is 0.453 e. The Morgan fingerprint density at radius 2 is 1.93 bits per heavy atom. The highest BCUT2D eigenvalue weighted by molar-refractivity contribution is 6.07. The standard InChI is InChI=1S/C16H18F3N7O2/c17-16(18,19)12-23-22-11-5-4-10(24-26(11)12)20-8-3-9-25-13(27)15(21-14(25)28)6-1-2-7-15/h4-5H,1-3,6-9H2,(H,20,24)(H,21,28). The van der Waals surface area contributed by atoms with Crippen LogP contribution < -0.4 is 10.6 Å². The van der Waals surface area contributed by atoms with E-state index in [1.807, 2.05) is 0 Å². The van der Waals surface area contributed by atoms with Gasteiger partial charge >= 0.3 is 12.2 Å². The number of halogens is 3. The Morgan fingerprint density at radius 3 is 2.64 bits per heavy atom. The smallest absolute Gasteiger partial charge is 0.369 e. The van der Waals surface area contributed by atoms with Crippen molar-refractivity contribution >= 4 is 23.4 Å². The van der Waals surface area contributed by atoms with Gasteiger partial charge in [-0.1, -0.05) is 12.8 Å². The van der Waals surface area contributed by atoms with Crippen LogP contribution in [-0.2, 0) is 11.0 Å². The number of nitrogens with zero attached hydrogens (tertiary/aromatic N) is 5. The van der Waals surface area contributed by atoms with Gasteiger partial charge in [0.2, 0.25) is 0 Å². The second-order valence-corrected chi connectivity index (χ2v) is 6.97. The molecule has 12 heteroatoms. The van der Waals surface area contributed by atoms with Crippen molar-refractivity contribution in [3.8, 4) is 0 Å². The maximum Gasteiger partial charge on any atom is 0.453 e. The SMILES string of the molecule is O=C1NC2(CCCC2)C(=O)N1CCCNc1ccc2nnc(C(F)(F)F)n2n1. The number of rotatable bonds is 5. The van der Waals surface area contributed by atoms with Crippen molar-refractivity contribution in [2.75, 3.05) is 18.4 Å². The van der Waals surface area contributed by atoms with E-state index in [1.54, 1.807) is 0 Å². The highest BCUT2D eigenvalue weighted by atomic mass is 19.4. The maximum absolute atomic E-state index is 12.9. The first-order chi connectivity index (χ1) is 13.3. The summed E-state index contributed by atoms with van der Waals surface area (Å²) in [6.45, 7) is 0.550. The van der Waals surface area contributed by atoms with Crippen LogP contribution in [0.1, 0.15) is 37.9 Å². The highest BCUT2D eigenvalue weighted by Crippen LogP contribution is 2.35. The van der Waals surface area contributed by atoms with Gasteiger partial charge in [-0.05, 0) is 31.4 Å². The highest BCUT2D eigenvalue weighted by Gasteiger charge is 2.52. The van der Waals surface area contributed by atoms with Crippen LogP contribution in [0.3, 0.4) is 0 Å². The average Bonchev–Trinajstić information content (AvgIpc) is 3.32. The van der Waals surface area contributed by atoms with E-state index in [9.17, 15) is 22.8 Å². The van der Waals surface area contributed by atoms with Crippen LogP contribution in [0, 0.1) is 0 Å². The summed E-state index contributed by atoms with van der Waals surface area (Å²) in [5.41, 5.74) is -0.751. The van der Waals surface area contributed by atoms with Gasteiger partial charge in [-0.2, -0.15) is 17.7 Å². The molecule has 0 atom stereocenters. The Kier molecular flexibility index (Phi) is 4.35. The second kappa shape index (κ2) is 6.60. The molecule has 9 nitrogen and oxygen atoms in total. The number of alkyl halides is 3. The minimum Gasteiger partial charge on any atom is -0.369 e. The van der Waals surface area contributed by atoms with Gasteiger partial charge in [0.05, 0.1) is 0 Å². The number of imide groups is 1. The van der Waals surface area contributed by atoms with E-state index < -0.39 is 17.5 Å². The number of carbonyl (C=O) groups is 2. The molecule has 1 spiro atoms. The predicted octanol–water partition coefficient (Wildman–Crippen LogP) is 1.81. The molecule has 0 unspecified atom stereocenters. The summed E-state index contributed by atoms with van der Waals surface area (Å²) in [7, 11) is 0. The lowest BCUT2D eigenvalue weighted by molar-refractivity contribution is -0.146. The Labute approximate surface area is 157 Å².